The van der Waals surface area contributed by atoms with Crippen LogP contribution in [0.15, 0.2) is 30.3 Å². The van der Waals surface area contributed by atoms with E-state index in [1.807, 2.05) is 30.3 Å². The van der Waals surface area contributed by atoms with Crippen molar-refractivity contribution in [1.29, 1.82) is 0 Å². The Bertz CT molecular complexity index is 588. The van der Waals surface area contributed by atoms with Crippen LogP contribution in [0.25, 0.3) is 0 Å². The van der Waals surface area contributed by atoms with Crippen molar-refractivity contribution in [2.45, 2.75) is 38.3 Å². The van der Waals surface area contributed by atoms with Gasteiger partial charge in [0.15, 0.2) is 0 Å². The number of hydrogen-bond donors (Lipinski definition) is 1. The minimum Gasteiger partial charge on any atom is -0.480 e. The minimum absolute atomic E-state index is 0.0968. The summed E-state index contributed by atoms with van der Waals surface area (Å²) in [7, 11) is 0. The van der Waals surface area contributed by atoms with Gasteiger partial charge in [-0.05, 0) is 37.2 Å². The summed E-state index contributed by atoms with van der Waals surface area (Å²) < 4.78 is 5.42. The van der Waals surface area contributed by atoms with E-state index in [-0.39, 0.29) is 19.2 Å². The molecule has 2 fully saturated rings. The van der Waals surface area contributed by atoms with E-state index < -0.39 is 5.97 Å². The third-order valence-electron chi connectivity index (χ3n) is 4.88. The summed E-state index contributed by atoms with van der Waals surface area (Å²) in [5.41, 5.74) is 0.978. The van der Waals surface area contributed by atoms with Gasteiger partial charge in [0, 0.05) is 25.7 Å². The predicted molar refractivity (Wildman–Crippen MR) is 93.2 cm³/mol. The molecule has 1 amide bonds. The number of carbonyl (C=O) groups is 2. The van der Waals surface area contributed by atoms with Crippen molar-refractivity contribution in [2.24, 2.45) is 5.92 Å². The van der Waals surface area contributed by atoms with E-state index in [0.717, 1.165) is 37.8 Å². The first-order chi connectivity index (χ1) is 12.1. The highest BCUT2D eigenvalue weighted by Crippen LogP contribution is 2.29. The Morgan fingerprint density at radius 3 is 2.64 bits per heavy atom. The molecule has 2 aliphatic rings. The molecule has 136 valence electrons. The zero-order valence-corrected chi connectivity index (χ0v) is 14.5. The lowest BCUT2D eigenvalue weighted by Crippen LogP contribution is -2.45. The van der Waals surface area contributed by atoms with Gasteiger partial charge < -0.3 is 14.7 Å². The van der Waals surface area contributed by atoms with E-state index in [2.05, 4.69) is 4.90 Å². The molecule has 1 N–H and O–H groups in total. The van der Waals surface area contributed by atoms with Crippen LogP contribution in [-0.4, -0.2) is 59.2 Å². The average Bonchev–Trinajstić information content (AvgIpc) is 3.45. The molecular formula is C19H26N2O4. The van der Waals surface area contributed by atoms with Crippen LogP contribution in [0.4, 0.5) is 4.79 Å². The number of piperidine rings is 1. The van der Waals surface area contributed by atoms with Gasteiger partial charge in [0.25, 0.3) is 0 Å². The Morgan fingerprint density at radius 1 is 1.20 bits per heavy atom. The highest BCUT2D eigenvalue weighted by molar-refractivity contribution is 5.69. The molecule has 3 rings (SSSR count). The molecule has 0 radical (unpaired) electrons. The molecule has 1 heterocycles. The van der Waals surface area contributed by atoms with Crippen molar-refractivity contribution in [3.8, 4) is 0 Å². The SMILES string of the molecule is O=C(O)CN(C[C@@H]1CCCN(C(=O)OCc2ccccc2)C1)C1CC1. The molecule has 25 heavy (non-hydrogen) atoms. The molecule has 1 atom stereocenters. The lowest BCUT2D eigenvalue weighted by atomic mass is 9.97. The molecule has 6 nitrogen and oxygen atoms in total. The maximum absolute atomic E-state index is 12.3. The number of carbonyl (C=O) groups excluding carboxylic acids is 1. The summed E-state index contributed by atoms with van der Waals surface area (Å²) in [6.07, 6.45) is 3.87. The monoisotopic (exact) mass is 346 g/mol. The molecule has 0 bridgehead atoms. The van der Waals surface area contributed by atoms with E-state index in [9.17, 15) is 9.59 Å². The van der Waals surface area contributed by atoms with Crippen molar-refractivity contribution in [3.63, 3.8) is 0 Å². The molecule has 6 heteroatoms. The fourth-order valence-electron chi connectivity index (χ4n) is 3.48. The molecule has 1 saturated heterocycles. The first-order valence-electron chi connectivity index (χ1n) is 9.03. The second-order valence-electron chi connectivity index (χ2n) is 7.05. The number of hydrogen-bond acceptors (Lipinski definition) is 4. The Labute approximate surface area is 148 Å². The summed E-state index contributed by atoms with van der Waals surface area (Å²) in [5.74, 6) is -0.459. The number of aliphatic carboxylic acids is 1. The summed E-state index contributed by atoms with van der Waals surface area (Å²) in [4.78, 5) is 27.2. The fourth-order valence-corrected chi connectivity index (χ4v) is 3.48. The number of carboxylic acids is 1. The number of likely N-dealkylation sites (tertiary alicyclic amines) is 1. The number of nitrogens with zero attached hydrogens (tertiary/aromatic N) is 2. The summed E-state index contributed by atoms with van der Waals surface area (Å²) in [5, 5.41) is 9.08. The third-order valence-corrected chi connectivity index (χ3v) is 4.88. The van der Waals surface area contributed by atoms with Crippen LogP contribution in [-0.2, 0) is 16.1 Å². The van der Waals surface area contributed by atoms with E-state index in [0.29, 0.717) is 25.0 Å². The zero-order valence-electron chi connectivity index (χ0n) is 14.5. The molecule has 1 saturated carbocycles. The van der Waals surface area contributed by atoms with Gasteiger partial charge in [-0.1, -0.05) is 30.3 Å². The minimum atomic E-state index is -0.776. The van der Waals surface area contributed by atoms with Crippen LogP contribution in [0, 0.1) is 5.92 Å². The molecule has 1 aliphatic heterocycles. The second-order valence-corrected chi connectivity index (χ2v) is 7.05. The molecular weight excluding hydrogens is 320 g/mol. The van der Waals surface area contributed by atoms with Gasteiger partial charge in [-0.15, -0.1) is 0 Å². The fraction of sp³-hybridized carbons (Fsp3) is 0.579. The molecule has 1 aliphatic carbocycles. The third kappa shape index (κ3) is 5.46. The quantitative estimate of drug-likeness (QED) is 0.822. The number of amides is 1. The molecule has 0 spiro atoms. The van der Waals surface area contributed by atoms with Gasteiger partial charge in [0.1, 0.15) is 6.61 Å². The largest absolute Gasteiger partial charge is 0.480 e. The lowest BCUT2D eigenvalue weighted by molar-refractivity contribution is -0.138. The van der Waals surface area contributed by atoms with Gasteiger partial charge in [-0.3, -0.25) is 9.69 Å². The lowest BCUT2D eigenvalue weighted by Gasteiger charge is -2.34. The van der Waals surface area contributed by atoms with E-state index in [1.165, 1.54) is 0 Å². The number of rotatable bonds is 7. The summed E-state index contributed by atoms with van der Waals surface area (Å²) in [6.45, 7) is 2.50. The van der Waals surface area contributed by atoms with Crippen LogP contribution < -0.4 is 0 Å². The highest BCUT2D eigenvalue weighted by atomic mass is 16.6. The number of benzene rings is 1. The van der Waals surface area contributed by atoms with Crippen LogP contribution >= 0.6 is 0 Å². The second kappa shape index (κ2) is 8.34. The Hall–Kier alpha value is -2.08. The van der Waals surface area contributed by atoms with Crippen LogP contribution in [0.5, 0.6) is 0 Å². The van der Waals surface area contributed by atoms with Gasteiger partial charge >= 0.3 is 12.1 Å². The summed E-state index contributed by atoms with van der Waals surface area (Å²) >= 11 is 0. The number of ether oxygens (including phenoxy) is 1. The van der Waals surface area contributed by atoms with Crippen molar-refractivity contribution < 1.29 is 19.4 Å². The molecule has 0 unspecified atom stereocenters. The maximum atomic E-state index is 12.3. The van der Waals surface area contributed by atoms with Crippen molar-refractivity contribution >= 4 is 12.1 Å². The van der Waals surface area contributed by atoms with E-state index in [4.69, 9.17) is 9.84 Å². The standard InChI is InChI=1S/C19H26N2O4/c22-18(23)13-21(17-8-9-17)12-16-7-4-10-20(11-16)19(24)25-14-15-5-2-1-3-6-15/h1-3,5-6,16-17H,4,7-14H2,(H,22,23)/t16-/m1/s1. The first-order valence-corrected chi connectivity index (χ1v) is 9.03. The highest BCUT2D eigenvalue weighted by Gasteiger charge is 2.33. The topological polar surface area (TPSA) is 70.1 Å². The van der Waals surface area contributed by atoms with E-state index >= 15 is 0 Å². The van der Waals surface area contributed by atoms with Gasteiger partial charge in [-0.25, -0.2) is 4.79 Å². The average molecular weight is 346 g/mol. The normalized spacial score (nSPS) is 20.5. The van der Waals surface area contributed by atoms with Crippen LogP contribution in [0.2, 0.25) is 0 Å². The molecule has 1 aromatic rings. The Balaban J connectivity index is 1.48. The zero-order chi connectivity index (χ0) is 17.6. The Morgan fingerprint density at radius 2 is 1.96 bits per heavy atom. The Kier molecular flexibility index (Phi) is 5.91. The van der Waals surface area contributed by atoms with Crippen molar-refractivity contribution in [3.05, 3.63) is 35.9 Å². The van der Waals surface area contributed by atoms with Gasteiger partial charge in [0.05, 0.1) is 6.54 Å². The predicted octanol–water partition coefficient (Wildman–Crippen LogP) is 2.58. The summed E-state index contributed by atoms with van der Waals surface area (Å²) in [6, 6.07) is 10.1. The van der Waals surface area contributed by atoms with Crippen LogP contribution in [0.3, 0.4) is 0 Å². The van der Waals surface area contributed by atoms with Gasteiger partial charge in [-0.2, -0.15) is 0 Å². The maximum Gasteiger partial charge on any atom is 0.410 e. The first kappa shape index (κ1) is 17.7. The smallest absolute Gasteiger partial charge is 0.410 e. The van der Waals surface area contributed by atoms with Crippen LogP contribution in [0.1, 0.15) is 31.2 Å². The molecule has 1 aromatic carbocycles. The van der Waals surface area contributed by atoms with Crippen molar-refractivity contribution in [2.75, 3.05) is 26.2 Å². The van der Waals surface area contributed by atoms with E-state index in [1.54, 1.807) is 4.90 Å². The van der Waals surface area contributed by atoms with Gasteiger partial charge in [0.2, 0.25) is 0 Å². The molecule has 0 aromatic heterocycles. The van der Waals surface area contributed by atoms with Crippen molar-refractivity contribution in [1.82, 2.24) is 9.80 Å². The number of carboxylic acid groups (broad SMARTS) is 1.